The van der Waals surface area contributed by atoms with Crippen molar-refractivity contribution in [3.8, 4) is 0 Å². The van der Waals surface area contributed by atoms with Gasteiger partial charge in [-0.1, -0.05) is 13.0 Å². The average molecular weight is 165 g/mol. The van der Waals surface area contributed by atoms with E-state index in [0.717, 1.165) is 6.04 Å². The van der Waals surface area contributed by atoms with Crippen molar-refractivity contribution in [2.45, 2.75) is 51.5 Å². The zero-order chi connectivity index (χ0) is 8.39. The summed E-state index contributed by atoms with van der Waals surface area (Å²) >= 11 is 0. The number of nitrogens with zero attached hydrogens (tertiary/aromatic N) is 1. The van der Waals surface area contributed by atoms with Crippen LogP contribution in [0.25, 0.3) is 0 Å². The lowest BCUT2D eigenvalue weighted by atomic mass is 9.95. The Kier molecular flexibility index (Phi) is 2.38. The number of hydrogen-bond donors (Lipinski definition) is 0. The summed E-state index contributed by atoms with van der Waals surface area (Å²) in [5.74, 6) is 0. The molecule has 0 saturated carbocycles. The van der Waals surface area contributed by atoms with Crippen molar-refractivity contribution in [2.75, 3.05) is 6.54 Å². The van der Waals surface area contributed by atoms with Crippen molar-refractivity contribution in [3.63, 3.8) is 0 Å². The van der Waals surface area contributed by atoms with Crippen molar-refractivity contribution in [2.24, 2.45) is 0 Å². The van der Waals surface area contributed by atoms with Gasteiger partial charge in [-0.05, 0) is 38.5 Å². The van der Waals surface area contributed by atoms with Crippen molar-refractivity contribution < 1.29 is 0 Å². The molecule has 0 amide bonds. The Hall–Kier alpha value is -0.460. The van der Waals surface area contributed by atoms with Gasteiger partial charge < -0.3 is 4.90 Å². The van der Waals surface area contributed by atoms with Crippen molar-refractivity contribution in [3.05, 3.63) is 11.8 Å². The first-order valence-corrected chi connectivity index (χ1v) is 5.37. The van der Waals surface area contributed by atoms with Gasteiger partial charge in [-0.2, -0.15) is 0 Å². The van der Waals surface area contributed by atoms with Crippen LogP contribution in [0.3, 0.4) is 0 Å². The van der Waals surface area contributed by atoms with E-state index in [1.165, 1.54) is 45.1 Å². The molecule has 0 radical (unpaired) electrons. The Bertz CT molecular complexity index is 183. The van der Waals surface area contributed by atoms with Crippen LogP contribution in [0, 0.1) is 0 Å². The molecule has 0 bridgehead atoms. The second-order valence-corrected chi connectivity index (χ2v) is 3.99. The maximum atomic E-state index is 2.66. The average Bonchev–Trinajstić information content (AvgIpc) is 2.02. The lowest BCUT2D eigenvalue weighted by Gasteiger charge is -2.41. The zero-order valence-corrected chi connectivity index (χ0v) is 8.05. The van der Waals surface area contributed by atoms with E-state index in [0.29, 0.717) is 0 Å². The summed E-state index contributed by atoms with van der Waals surface area (Å²) in [6, 6.07) is 0.866. The molecule has 1 fully saturated rings. The maximum Gasteiger partial charge on any atom is 0.0284 e. The van der Waals surface area contributed by atoms with Gasteiger partial charge >= 0.3 is 0 Å². The van der Waals surface area contributed by atoms with Gasteiger partial charge in [0.05, 0.1) is 0 Å². The van der Waals surface area contributed by atoms with Gasteiger partial charge in [-0.3, -0.25) is 0 Å². The topological polar surface area (TPSA) is 3.24 Å². The van der Waals surface area contributed by atoms with E-state index < -0.39 is 0 Å². The quantitative estimate of drug-likeness (QED) is 0.608. The van der Waals surface area contributed by atoms with Crippen LogP contribution in [0.4, 0.5) is 0 Å². The van der Waals surface area contributed by atoms with Crippen LogP contribution in [0.15, 0.2) is 11.8 Å². The number of allylic oxidation sites excluding steroid dienone is 2. The molecule has 1 aliphatic carbocycles. The molecule has 1 heteroatoms. The first-order valence-electron chi connectivity index (χ1n) is 5.37. The Morgan fingerprint density at radius 2 is 2.33 bits per heavy atom. The second kappa shape index (κ2) is 3.51. The highest BCUT2D eigenvalue weighted by Crippen LogP contribution is 2.30. The molecule has 0 spiro atoms. The normalized spacial score (nSPS) is 29.6. The molecular formula is C11H19N. The molecule has 1 unspecified atom stereocenters. The molecule has 0 N–H and O–H groups in total. The summed E-state index contributed by atoms with van der Waals surface area (Å²) in [5, 5.41) is 0. The fraction of sp³-hybridized carbons (Fsp3) is 0.818. The lowest BCUT2D eigenvalue weighted by Crippen LogP contribution is -2.39. The fourth-order valence-corrected chi connectivity index (χ4v) is 2.34. The first kappa shape index (κ1) is 8.15. The first-order chi connectivity index (χ1) is 5.92. The van der Waals surface area contributed by atoms with E-state index in [1.54, 1.807) is 5.70 Å². The van der Waals surface area contributed by atoms with Crippen LogP contribution in [0.1, 0.15) is 45.4 Å². The Labute approximate surface area is 75.4 Å². The van der Waals surface area contributed by atoms with Crippen LogP contribution in [-0.4, -0.2) is 17.5 Å². The third kappa shape index (κ3) is 1.37. The van der Waals surface area contributed by atoms with Gasteiger partial charge in [0.15, 0.2) is 0 Å². The number of piperidine rings is 1. The minimum Gasteiger partial charge on any atom is -0.372 e. The van der Waals surface area contributed by atoms with Gasteiger partial charge in [-0.25, -0.2) is 0 Å². The highest BCUT2D eigenvalue weighted by Gasteiger charge is 2.24. The van der Waals surface area contributed by atoms with Crippen molar-refractivity contribution in [1.82, 2.24) is 4.90 Å². The lowest BCUT2D eigenvalue weighted by molar-refractivity contribution is 0.176. The summed E-state index contributed by atoms with van der Waals surface area (Å²) in [5.41, 5.74) is 1.64. The SMILES string of the molecule is CCC1CCCCN1C1=CCC1. The molecule has 0 aromatic rings. The second-order valence-electron chi connectivity index (χ2n) is 3.99. The van der Waals surface area contributed by atoms with E-state index in [-0.39, 0.29) is 0 Å². The predicted molar refractivity (Wildman–Crippen MR) is 52.0 cm³/mol. The number of rotatable bonds is 2. The van der Waals surface area contributed by atoms with Crippen molar-refractivity contribution in [1.29, 1.82) is 0 Å². The Morgan fingerprint density at radius 3 is 2.92 bits per heavy atom. The number of hydrogen-bond acceptors (Lipinski definition) is 1. The van der Waals surface area contributed by atoms with E-state index in [4.69, 9.17) is 0 Å². The molecule has 1 nitrogen and oxygen atoms in total. The maximum absolute atomic E-state index is 2.66. The van der Waals surface area contributed by atoms with Gasteiger partial charge in [0.2, 0.25) is 0 Å². The van der Waals surface area contributed by atoms with Gasteiger partial charge in [-0.15, -0.1) is 0 Å². The molecule has 2 rings (SSSR count). The van der Waals surface area contributed by atoms with E-state index in [9.17, 15) is 0 Å². The standard InChI is InChI=1S/C11H19N/c1-2-10-6-3-4-9-12(10)11-7-5-8-11/h7,10H,2-6,8-9H2,1H3. The smallest absolute Gasteiger partial charge is 0.0284 e. The highest BCUT2D eigenvalue weighted by molar-refractivity contribution is 5.12. The van der Waals surface area contributed by atoms with E-state index >= 15 is 0 Å². The molecule has 68 valence electrons. The Morgan fingerprint density at radius 1 is 1.50 bits per heavy atom. The molecule has 1 atom stereocenters. The highest BCUT2D eigenvalue weighted by atomic mass is 15.2. The summed E-state index contributed by atoms with van der Waals surface area (Å²) in [4.78, 5) is 2.66. The molecule has 0 aromatic heterocycles. The van der Waals surface area contributed by atoms with Crippen LogP contribution < -0.4 is 0 Å². The van der Waals surface area contributed by atoms with Crippen LogP contribution in [-0.2, 0) is 0 Å². The fourth-order valence-electron chi connectivity index (χ4n) is 2.34. The van der Waals surface area contributed by atoms with E-state index in [1.807, 2.05) is 0 Å². The van der Waals surface area contributed by atoms with Gasteiger partial charge in [0.25, 0.3) is 0 Å². The molecular weight excluding hydrogens is 146 g/mol. The van der Waals surface area contributed by atoms with Gasteiger partial charge in [0.1, 0.15) is 0 Å². The summed E-state index contributed by atoms with van der Waals surface area (Å²) in [6.45, 7) is 3.65. The van der Waals surface area contributed by atoms with Crippen LogP contribution in [0.2, 0.25) is 0 Å². The van der Waals surface area contributed by atoms with Crippen LogP contribution in [0.5, 0.6) is 0 Å². The molecule has 2 aliphatic rings. The Balaban J connectivity index is 1.99. The summed E-state index contributed by atoms with van der Waals surface area (Å²) in [7, 11) is 0. The van der Waals surface area contributed by atoms with E-state index in [2.05, 4.69) is 17.9 Å². The molecule has 0 aromatic carbocycles. The minimum atomic E-state index is 0.866. The molecule has 12 heavy (non-hydrogen) atoms. The van der Waals surface area contributed by atoms with Crippen LogP contribution >= 0.6 is 0 Å². The van der Waals surface area contributed by atoms with Crippen molar-refractivity contribution >= 4 is 0 Å². The van der Waals surface area contributed by atoms with Gasteiger partial charge in [0, 0.05) is 18.3 Å². The summed E-state index contributed by atoms with van der Waals surface area (Å²) in [6.07, 6.45) is 10.7. The molecule has 1 saturated heterocycles. The molecule has 1 aliphatic heterocycles. The third-order valence-corrected chi connectivity index (χ3v) is 3.25. The predicted octanol–water partition coefficient (Wildman–Crippen LogP) is 2.93. The minimum absolute atomic E-state index is 0.866. The molecule has 1 heterocycles. The number of likely N-dealkylation sites (tertiary alicyclic amines) is 1. The third-order valence-electron chi connectivity index (χ3n) is 3.25. The largest absolute Gasteiger partial charge is 0.372 e. The summed E-state index contributed by atoms with van der Waals surface area (Å²) < 4.78 is 0. The monoisotopic (exact) mass is 165 g/mol. The zero-order valence-electron chi connectivity index (χ0n) is 8.05.